The van der Waals surface area contributed by atoms with Crippen LogP contribution < -0.4 is 10.2 Å². The monoisotopic (exact) mass is 345 g/mol. The maximum atomic E-state index is 12.2. The highest BCUT2D eigenvalue weighted by atomic mass is 32.1. The van der Waals surface area contributed by atoms with Gasteiger partial charge in [0.05, 0.1) is 18.3 Å². The van der Waals surface area contributed by atoms with Gasteiger partial charge in [-0.1, -0.05) is 18.2 Å². The number of para-hydroxylation sites is 2. The molecule has 1 amide bonds. The number of nitrogens with one attached hydrogen (secondary N) is 1. The summed E-state index contributed by atoms with van der Waals surface area (Å²) in [6.45, 7) is 5.69. The zero-order chi connectivity index (χ0) is 16.9. The van der Waals surface area contributed by atoms with Crippen molar-refractivity contribution < 1.29 is 9.90 Å². The highest BCUT2D eigenvalue weighted by Crippen LogP contribution is 2.27. The van der Waals surface area contributed by atoms with Crippen molar-refractivity contribution in [2.45, 2.75) is 13.0 Å². The molecule has 0 saturated carbocycles. The Hall–Kier alpha value is -2.05. The molecule has 2 N–H and O–H groups in total. The number of aromatic hydroxyl groups is 1. The Labute approximate surface area is 146 Å². The van der Waals surface area contributed by atoms with E-state index in [0.717, 1.165) is 31.9 Å². The van der Waals surface area contributed by atoms with Crippen LogP contribution in [0.15, 0.2) is 41.8 Å². The minimum Gasteiger partial charge on any atom is -0.506 e. The Kier molecular flexibility index (Phi) is 5.37. The van der Waals surface area contributed by atoms with Crippen LogP contribution in [-0.4, -0.2) is 48.6 Å². The molecular weight excluding hydrogens is 322 g/mol. The fourth-order valence-corrected chi connectivity index (χ4v) is 3.71. The number of piperazine rings is 1. The van der Waals surface area contributed by atoms with Crippen molar-refractivity contribution in [1.82, 2.24) is 10.2 Å². The Morgan fingerprint density at radius 2 is 1.96 bits per heavy atom. The van der Waals surface area contributed by atoms with Crippen LogP contribution in [0.25, 0.3) is 0 Å². The van der Waals surface area contributed by atoms with Gasteiger partial charge in [0.15, 0.2) is 0 Å². The quantitative estimate of drug-likeness (QED) is 0.874. The summed E-state index contributed by atoms with van der Waals surface area (Å²) in [4.78, 5) is 17.7. The SMILES string of the molecule is CC(NC(=O)CN1CCN(c2ccccc2O)CC1)c1cccs1. The van der Waals surface area contributed by atoms with Gasteiger partial charge in [0.2, 0.25) is 5.91 Å². The van der Waals surface area contributed by atoms with Gasteiger partial charge in [-0.2, -0.15) is 0 Å². The molecular formula is C18H23N3O2S. The Morgan fingerprint density at radius 3 is 2.62 bits per heavy atom. The number of phenolic OH excluding ortho intramolecular Hbond substituents is 1. The molecule has 0 bridgehead atoms. The van der Waals surface area contributed by atoms with E-state index in [4.69, 9.17) is 0 Å². The highest BCUT2D eigenvalue weighted by Gasteiger charge is 2.21. The number of anilines is 1. The first-order chi connectivity index (χ1) is 11.6. The van der Waals surface area contributed by atoms with Crippen molar-refractivity contribution in [3.8, 4) is 5.75 Å². The number of carbonyl (C=O) groups is 1. The summed E-state index contributed by atoms with van der Waals surface area (Å²) in [6.07, 6.45) is 0. The topological polar surface area (TPSA) is 55.8 Å². The summed E-state index contributed by atoms with van der Waals surface area (Å²) in [5.74, 6) is 0.375. The largest absolute Gasteiger partial charge is 0.506 e. The molecule has 1 unspecified atom stereocenters. The lowest BCUT2D eigenvalue weighted by molar-refractivity contribution is -0.122. The van der Waals surface area contributed by atoms with Crippen molar-refractivity contribution in [3.63, 3.8) is 0 Å². The second-order valence-electron chi connectivity index (χ2n) is 6.06. The van der Waals surface area contributed by atoms with Gasteiger partial charge >= 0.3 is 0 Å². The second kappa shape index (κ2) is 7.68. The predicted octanol–water partition coefficient (Wildman–Crippen LogP) is 2.45. The first-order valence-corrected chi connectivity index (χ1v) is 9.09. The fourth-order valence-electron chi connectivity index (χ4n) is 2.98. The third-order valence-corrected chi connectivity index (χ3v) is 5.36. The van der Waals surface area contributed by atoms with E-state index in [-0.39, 0.29) is 11.9 Å². The van der Waals surface area contributed by atoms with E-state index in [1.54, 1.807) is 17.4 Å². The van der Waals surface area contributed by atoms with E-state index < -0.39 is 0 Å². The molecule has 3 rings (SSSR count). The van der Waals surface area contributed by atoms with Gasteiger partial charge in [-0.05, 0) is 30.5 Å². The highest BCUT2D eigenvalue weighted by molar-refractivity contribution is 7.10. The van der Waals surface area contributed by atoms with Crippen molar-refractivity contribution in [2.24, 2.45) is 0 Å². The molecule has 1 aromatic carbocycles. The summed E-state index contributed by atoms with van der Waals surface area (Å²) < 4.78 is 0. The van der Waals surface area contributed by atoms with Crippen LogP contribution >= 0.6 is 11.3 Å². The van der Waals surface area contributed by atoms with Crippen molar-refractivity contribution in [2.75, 3.05) is 37.6 Å². The van der Waals surface area contributed by atoms with Crippen LogP contribution in [0.4, 0.5) is 5.69 Å². The number of hydrogen-bond donors (Lipinski definition) is 2. The van der Waals surface area contributed by atoms with E-state index in [2.05, 4.69) is 15.1 Å². The van der Waals surface area contributed by atoms with E-state index in [9.17, 15) is 9.90 Å². The van der Waals surface area contributed by atoms with Gasteiger partial charge in [-0.15, -0.1) is 11.3 Å². The van der Waals surface area contributed by atoms with Gasteiger partial charge < -0.3 is 15.3 Å². The number of nitrogens with zero attached hydrogens (tertiary/aromatic N) is 2. The number of carbonyl (C=O) groups excluding carboxylic acids is 1. The summed E-state index contributed by atoms with van der Waals surface area (Å²) in [7, 11) is 0. The third kappa shape index (κ3) is 4.07. The number of hydrogen-bond acceptors (Lipinski definition) is 5. The molecule has 1 aliphatic heterocycles. The summed E-state index contributed by atoms with van der Waals surface area (Å²) >= 11 is 1.66. The number of amides is 1. The summed E-state index contributed by atoms with van der Waals surface area (Å²) in [6, 6.07) is 11.5. The van der Waals surface area contributed by atoms with Gasteiger partial charge in [0, 0.05) is 31.1 Å². The average molecular weight is 345 g/mol. The molecule has 2 heterocycles. The number of benzene rings is 1. The zero-order valence-electron chi connectivity index (χ0n) is 13.8. The Balaban J connectivity index is 1.47. The molecule has 1 aromatic heterocycles. The van der Waals surface area contributed by atoms with E-state index >= 15 is 0 Å². The predicted molar refractivity (Wildman–Crippen MR) is 97.6 cm³/mol. The molecule has 5 nitrogen and oxygen atoms in total. The van der Waals surface area contributed by atoms with Gasteiger partial charge in [0.25, 0.3) is 0 Å². The van der Waals surface area contributed by atoms with Crippen LogP contribution in [0.2, 0.25) is 0 Å². The van der Waals surface area contributed by atoms with E-state index in [1.807, 2.05) is 42.6 Å². The third-order valence-electron chi connectivity index (χ3n) is 4.31. The molecule has 2 aromatic rings. The Bertz CT molecular complexity index is 667. The lowest BCUT2D eigenvalue weighted by Gasteiger charge is -2.36. The summed E-state index contributed by atoms with van der Waals surface area (Å²) in [5, 5.41) is 15.0. The zero-order valence-corrected chi connectivity index (χ0v) is 14.6. The van der Waals surface area contributed by atoms with Crippen molar-refractivity contribution >= 4 is 22.9 Å². The molecule has 24 heavy (non-hydrogen) atoms. The first kappa shape index (κ1) is 16.8. The minimum atomic E-state index is 0.0556. The van der Waals surface area contributed by atoms with Crippen molar-refractivity contribution in [3.05, 3.63) is 46.7 Å². The average Bonchev–Trinajstić information content (AvgIpc) is 3.11. The van der Waals surface area contributed by atoms with Crippen LogP contribution in [0.5, 0.6) is 5.75 Å². The van der Waals surface area contributed by atoms with Crippen LogP contribution in [0.1, 0.15) is 17.8 Å². The van der Waals surface area contributed by atoms with E-state index in [1.165, 1.54) is 4.88 Å². The molecule has 128 valence electrons. The molecule has 1 aliphatic rings. The van der Waals surface area contributed by atoms with Crippen LogP contribution in [0.3, 0.4) is 0 Å². The second-order valence-corrected chi connectivity index (χ2v) is 7.04. The number of rotatable bonds is 5. The van der Waals surface area contributed by atoms with Crippen molar-refractivity contribution in [1.29, 1.82) is 0 Å². The van der Waals surface area contributed by atoms with Gasteiger partial charge in [-0.25, -0.2) is 0 Å². The van der Waals surface area contributed by atoms with Crippen LogP contribution in [0, 0.1) is 0 Å². The normalized spacial score (nSPS) is 16.8. The molecule has 1 saturated heterocycles. The summed E-state index contributed by atoms with van der Waals surface area (Å²) in [5.41, 5.74) is 0.868. The number of thiophene rings is 1. The molecule has 0 radical (unpaired) electrons. The van der Waals surface area contributed by atoms with Gasteiger partial charge in [0.1, 0.15) is 5.75 Å². The lowest BCUT2D eigenvalue weighted by atomic mass is 10.2. The number of phenols is 1. The smallest absolute Gasteiger partial charge is 0.234 e. The maximum absolute atomic E-state index is 12.2. The van der Waals surface area contributed by atoms with E-state index in [0.29, 0.717) is 12.3 Å². The molecule has 6 heteroatoms. The Morgan fingerprint density at radius 1 is 1.21 bits per heavy atom. The molecule has 1 atom stereocenters. The lowest BCUT2D eigenvalue weighted by Crippen LogP contribution is -2.49. The molecule has 0 spiro atoms. The minimum absolute atomic E-state index is 0.0556. The molecule has 1 fully saturated rings. The molecule has 0 aliphatic carbocycles. The standard InChI is InChI=1S/C18H23N3O2S/c1-14(17-7-4-12-24-17)19-18(23)13-20-8-10-21(11-9-20)15-5-2-3-6-16(15)22/h2-7,12,14,22H,8-11,13H2,1H3,(H,19,23). The maximum Gasteiger partial charge on any atom is 0.234 e. The fraction of sp³-hybridized carbons (Fsp3) is 0.389. The van der Waals surface area contributed by atoms with Gasteiger partial charge in [-0.3, -0.25) is 9.69 Å². The van der Waals surface area contributed by atoms with Crippen LogP contribution in [-0.2, 0) is 4.79 Å². The first-order valence-electron chi connectivity index (χ1n) is 8.21.